The van der Waals surface area contributed by atoms with Crippen molar-refractivity contribution in [3.63, 3.8) is 0 Å². The number of hydrogen-bond donors (Lipinski definition) is 0. The van der Waals surface area contributed by atoms with Crippen LogP contribution >= 0.6 is 0 Å². The lowest BCUT2D eigenvalue weighted by Gasteiger charge is -2.46. The summed E-state index contributed by atoms with van der Waals surface area (Å²) in [6, 6.07) is 30.0. The standard InChI is InChI=1S/C35H44O7/c1-25(2)40-32(36)20-30-33(38-22-28-16-10-6-11-17-28)34(39-23-29-18-12-7-13-19-29)31(42-35(30)41-26(3)4)24-37-21-27-14-8-5-9-15-27/h5-19,25-26,30-31,33-35H,20-24H2,1-4H3/t30-,31-,33-,34-,35+/m1/s1. The van der Waals surface area contributed by atoms with E-state index in [1.54, 1.807) is 0 Å². The molecule has 0 amide bonds. The van der Waals surface area contributed by atoms with E-state index in [9.17, 15) is 4.79 Å². The van der Waals surface area contributed by atoms with Crippen molar-refractivity contribution in [1.82, 2.24) is 0 Å². The second-order valence-electron chi connectivity index (χ2n) is 11.2. The van der Waals surface area contributed by atoms with Crippen LogP contribution in [0, 0.1) is 5.92 Å². The van der Waals surface area contributed by atoms with Gasteiger partial charge >= 0.3 is 5.97 Å². The van der Waals surface area contributed by atoms with E-state index in [1.165, 1.54) is 0 Å². The average molecular weight is 577 g/mol. The quantitative estimate of drug-likeness (QED) is 0.192. The van der Waals surface area contributed by atoms with Gasteiger partial charge in [0.25, 0.3) is 0 Å². The highest BCUT2D eigenvalue weighted by atomic mass is 16.7. The SMILES string of the molecule is CC(C)OC(=O)C[C@H]1[C@@H](OC(C)C)O[C@H](COCc2ccccc2)[C@@H](OCc2ccccc2)[C@@H]1OCc1ccccc1. The highest BCUT2D eigenvalue weighted by Gasteiger charge is 2.49. The summed E-state index contributed by atoms with van der Waals surface area (Å²) < 4.78 is 37.8. The van der Waals surface area contributed by atoms with Crippen molar-refractivity contribution >= 4 is 5.97 Å². The van der Waals surface area contributed by atoms with Crippen LogP contribution in [0.25, 0.3) is 0 Å². The van der Waals surface area contributed by atoms with E-state index < -0.39 is 30.5 Å². The molecule has 1 aliphatic heterocycles. The molecule has 3 aromatic rings. The first-order valence-corrected chi connectivity index (χ1v) is 14.8. The van der Waals surface area contributed by atoms with Crippen LogP contribution in [-0.2, 0) is 53.0 Å². The molecule has 1 fully saturated rings. The highest BCUT2D eigenvalue weighted by Crippen LogP contribution is 2.36. The Balaban J connectivity index is 1.62. The molecule has 5 atom stereocenters. The predicted molar refractivity (Wildman–Crippen MR) is 160 cm³/mol. The third-order valence-electron chi connectivity index (χ3n) is 6.91. The normalized spacial score (nSPS) is 22.4. The second-order valence-corrected chi connectivity index (χ2v) is 11.2. The number of ether oxygens (including phenoxy) is 6. The summed E-state index contributed by atoms with van der Waals surface area (Å²) in [6.07, 6.45) is -2.59. The van der Waals surface area contributed by atoms with E-state index in [1.807, 2.05) is 119 Å². The van der Waals surface area contributed by atoms with Gasteiger partial charge < -0.3 is 28.4 Å². The summed E-state index contributed by atoms with van der Waals surface area (Å²) in [5.74, 6) is -0.793. The van der Waals surface area contributed by atoms with Crippen molar-refractivity contribution in [3.8, 4) is 0 Å². The molecular formula is C35H44O7. The van der Waals surface area contributed by atoms with Crippen molar-refractivity contribution in [3.05, 3.63) is 108 Å². The fourth-order valence-corrected chi connectivity index (χ4v) is 5.03. The molecule has 1 heterocycles. The van der Waals surface area contributed by atoms with E-state index in [-0.39, 0.29) is 31.2 Å². The van der Waals surface area contributed by atoms with E-state index in [2.05, 4.69) is 0 Å². The number of carbonyl (C=O) groups excluding carboxylic acids is 1. The van der Waals surface area contributed by atoms with Crippen LogP contribution < -0.4 is 0 Å². The maximum Gasteiger partial charge on any atom is 0.306 e. The fourth-order valence-electron chi connectivity index (χ4n) is 5.03. The number of esters is 1. The van der Waals surface area contributed by atoms with Gasteiger partial charge in [-0.15, -0.1) is 0 Å². The van der Waals surface area contributed by atoms with Gasteiger partial charge in [-0.2, -0.15) is 0 Å². The Kier molecular flexibility index (Phi) is 12.5. The van der Waals surface area contributed by atoms with Gasteiger partial charge in [0.15, 0.2) is 6.29 Å². The van der Waals surface area contributed by atoms with Gasteiger partial charge in [-0.05, 0) is 44.4 Å². The smallest absolute Gasteiger partial charge is 0.306 e. The molecular weight excluding hydrogens is 532 g/mol. The van der Waals surface area contributed by atoms with Gasteiger partial charge in [-0.1, -0.05) is 91.0 Å². The Hall–Kier alpha value is -3.07. The molecule has 0 radical (unpaired) electrons. The topological polar surface area (TPSA) is 72.5 Å². The van der Waals surface area contributed by atoms with Gasteiger partial charge in [-0.25, -0.2) is 0 Å². The van der Waals surface area contributed by atoms with E-state index in [0.29, 0.717) is 19.8 Å². The fraction of sp³-hybridized carbons (Fsp3) is 0.457. The zero-order chi connectivity index (χ0) is 29.7. The molecule has 0 spiro atoms. The molecule has 3 aromatic carbocycles. The first-order chi connectivity index (χ1) is 20.4. The van der Waals surface area contributed by atoms with Crippen LogP contribution in [-0.4, -0.2) is 49.4 Å². The summed E-state index contributed by atoms with van der Waals surface area (Å²) in [6.45, 7) is 8.98. The number of carbonyl (C=O) groups is 1. The van der Waals surface area contributed by atoms with Gasteiger partial charge in [0.1, 0.15) is 12.2 Å². The van der Waals surface area contributed by atoms with Crippen LogP contribution in [0.1, 0.15) is 50.8 Å². The van der Waals surface area contributed by atoms with Crippen molar-refractivity contribution in [2.24, 2.45) is 5.92 Å². The first kappa shape index (κ1) is 31.9. The van der Waals surface area contributed by atoms with Crippen LogP contribution in [0.5, 0.6) is 0 Å². The lowest BCUT2D eigenvalue weighted by Crippen LogP contribution is -2.59. The van der Waals surface area contributed by atoms with Crippen molar-refractivity contribution < 1.29 is 33.2 Å². The maximum absolute atomic E-state index is 13.0. The zero-order valence-electron chi connectivity index (χ0n) is 25.1. The second kappa shape index (κ2) is 16.5. The average Bonchev–Trinajstić information content (AvgIpc) is 2.98. The lowest BCUT2D eigenvalue weighted by atomic mass is 9.87. The third kappa shape index (κ3) is 10.0. The van der Waals surface area contributed by atoms with E-state index in [4.69, 9.17) is 28.4 Å². The molecule has 0 bridgehead atoms. The molecule has 0 N–H and O–H groups in total. The minimum atomic E-state index is -0.715. The molecule has 0 unspecified atom stereocenters. The van der Waals surface area contributed by atoms with Crippen molar-refractivity contribution in [2.75, 3.05) is 6.61 Å². The summed E-state index contributed by atoms with van der Waals surface area (Å²) in [5.41, 5.74) is 3.11. The van der Waals surface area contributed by atoms with E-state index >= 15 is 0 Å². The molecule has 0 aliphatic carbocycles. The Bertz CT molecular complexity index is 1170. The first-order valence-electron chi connectivity index (χ1n) is 14.8. The van der Waals surface area contributed by atoms with Gasteiger partial charge in [0, 0.05) is 5.92 Å². The van der Waals surface area contributed by atoms with Crippen molar-refractivity contribution in [1.29, 1.82) is 0 Å². The molecule has 1 saturated heterocycles. The summed E-state index contributed by atoms with van der Waals surface area (Å²) in [7, 11) is 0. The molecule has 0 aromatic heterocycles. The zero-order valence-corrected chi connectivity index (χ0v) is 25.1. The van der Waals surface area contributed by atoms with Gasteiger partial charge in [-0.3, -0.25) is 4.79 Å². The van der Waals surface area contributed by atoms with E-state index in [0.717, 1.165) is 16.7 Å². The lowest BCUT2D eigenvalue weighted by molar-refractivity contribution is -0.312. The molecule has 7 heteroatoms. The Labute approximate surface area is 250 Å². The number of rotatable bonds is 15. The molecule has 42 heavy (non-hydrogen) atoms. The van der Waals surface area contributed by atoms with Crippen LogP contribution in [0.15, 0.2) is 91.0 Å². The largest absolute Gasteiger partial charge is 0.463 e. The third-order valence-corrected chi connectivity index (χ3v) is 6.91. The summed E-state index contributed by atoms with van der Waals surface area (Å²) >= 11 is 0. The predicted octanol–water partition coefficient (Wildman–Crippen LogP) is 6.48. The van der Waals surface area contributed by atoms with Crippen molar-refractivity contribution in [2.45, 2.75) is 90.7 Å². The Morgan fingerprint density at radius 3 is 1.69 bits per heavy atom. The molecule has 1 aliphatic rings. The minimum Gasteiger partial charge on any atom is -0.463 e. The minimum absolute atomic E-state index is 0.0673. The Morgan fingerprint density at radius 1 is 0.690 bits per heavy atom. The number of benzene rings is 3. The maximum atomic E-state index is 13.0. The highest BCUT2D eigenvalue weighted by molar-refractivity contribution is 5.70. The molecule has 4 rings (SSSR count). The van der Waals surface area contributed by atoms with Gasteiger partial charge in [0.05, 0.1) is 51.2 Å². The van der Waals surface area contributed by atoms with Crippen LogP contribution in [0.2, 0.25) is 0 Å². The van der Waals surface area contributed by atoms with Crippen LogP contribution in [0.4, 0.5) is 0 Å². The van der Waals surface area contributed by atoms with Gasteiger partial charge in [0.2, 0.25) is 0 Å². The monoisotopic (exact) mass is 576 g/mol. The summed E-state index contributed by atoms with van der Waals surface area (Å²) in [4.78, 5) is 13.0. The summed E-state index contributed by atoms with van der Waals surface area (Å²) in [5, 5.41) is 0. The Morgan fingerprint density at radius 2 is 1.19 bits per heavy atom. The number of hydrogen-bond acceptors (Lipinski definition) is 7. The van der Waals surface area contributed by atoms with Crippen LogP contribution in [0.3, 0.4) is 0 Å². The molecule has 0 saturated carbocycles. The molecule has 226 valence electrons. The molecule has 7 nitrogen and oxygen atoms in total.